The number of hydrogen-bond donors (Lipinski definition) is 1. The Morgan fingerprint density at radius 2 is 2.23 bits per heavy atom. The number of aromatic nitrogens is 1. The highest BCUT2D eigenvalue weighted by molar-refractivity contribution is 7.11. The van der Waals surface area contributed by atoms with Crippen LogP contribution in [0.25, 0.3) is 0 Å². The van der Waals surface area contributed by atoms with Crippen LogP contribution in [0, 0.1) is 17.1 Å². The van der Waals surface area contributed by atoms with E-state index < -0.39 is 5.82 Å². The summed E-state index contributed by atoms with van der Waals surface area (Å²) in [4.78, 5) is 4.51. The first-order chi connectivity index (χ1) is 10.8. The molecule has 1 aliphatic rings. The lowest BCUT2D eigenvalue weighted by molar-refractivity contribution is 0.296. The van der Waals surface area contributed by atoms with Crippen molar-refractivity contribution < 1.29 is 9.13 Å². The number of halogens is 1. The molecule has 1 saturated heterocycles. The maximum Gasteiger partial charge on any atom is 0.273 e. The molecule has 0 spiro atoms. The first-order valence-corrected chi connectivity index (χ1v) is 8.11. The molecule has 0 saturated carbocycles. The molecule has 1 aromatic heterocycles. The molecule has 0 atom stereocenters. The van der Waals surface area contributed by atoms with Crippen molar-refractivity contribution in [2.75, 3.05) is 13.1 Å². The summed E-state index contributed by atoms with van der Waals surface area (Å²) in [6.45, 7) is 2.17. The molecule has 1 N–H and O–H groups in total. The van der Waals surface area contributed by atoms with Crippen LogP contribution in [-0.4, -0.2) is 18.1 Å². The van der Waals surface area contributed by atoms with E-state index in [-0.39, 0.29) is 6.61 Å². The van der Waals surface area contributed by atoms with Crippen LogP contribution >= 0.6 is 11.3 Å². The zero-order valence-electron chi connectivity index (χ0n) is 12.0. The van der Waals surface area contributed by atoms with Crippen LogP contribution in [0.15, 0.2) is 23.6 Å². The number of nitriles is 1. The van der Waals surface area contributed by atoms with E-state index in [1.54, 1.807) is 12.1 Å². The average Bonchev–Trinajstić information content (AvgIpc) is 3.03. The van der Waals surface area contributed by atoms with Gasteiger partial charge in [0.1, 0.15) is 12.4 Å². The molecule has 1 fully saturated rings. The molecule has 4 nitrogen and oxygen atoms in total. The summed E-state index contributed by atoms with van der Waals surface area (Å²) in [5, 5.41) is 14.7. The molecule has 0 aliphatic carbocycles. The van der Waals surface area contributed by atoms with E-state index in [0.29, 0.717) is 22.2 Å². The summed E-state index contributed by atoms with van der Waals surface area (Å²) in [5.74, 6) is 0.0654. The topological polar surface area (TPSA) is 57.9 Å². The van der Waals surface area contributed by atoms with Crippen LogP contribution in [0.1, 0.15) is 35.6 Å². The standard InChI is InChI=1S/C16H16FN3OS/c17-14-7-11(8-18)1-2-13(14)9-21-16-20-15(10-22-16)12-3-5-19-6-4-12/h1-2,7,10,12,19H,3-6,9H2. The molecule has 3 rings (SSSR count). The third-order valence-corrected chi connectivity index (χ3v) is 4.56. The summed E-state index contributed by atoms with van der Waals surface area (Å²) in [5.41, 5.74) is 1.81. The Bertz CT molecular complexity index is 689. The van der Waals surface area contributed by atoms with Gasteiger partial charge in [0.2, 0.25) is 0 Å². The molecular weight excluding hydrogens is 301 g/mol. The largest absolute Gasteiger partial charge is 0.465 e. The lowest BCUT2D eigenvalue weighted by atomic mass is 9.96. The first kappa shape index (κ1) is 14.9. The summed E-state index contributed by atoms with van der Waals surface area (Å²) in [6, 6.07) is 6.30. The fraction of sp³-hybridized carbons (Fsp3) is 0.375. The molecule has 6 heteroatoms. The minimum absolute atomic E-state index is 0.122. The highest BCUT2D eigenvalue weighted by atomic mass is 32.1. The van der Waals surface area contributed by atoms with Crippen molar-refractivity contribution in [2.45, 2.75) is 25.4 Å². The first-order valence-electron chi connectivity index (χ1n) is 7.23. The fourth-order valence-electron chi connectivity index (χ4n) is 2.51. The third kappa shape index (κ3) is 3.43. The number of thiazole rings is 1. The van der Waals surface area contributed by atoms with Gasteiger partial charge in [0.15, 0.2) is 0 Å². The Morgan fingerprint density at radius 1 is 1.41 bits per heavy atom. The zero-order valence-corrected chi connectivity index (χ0v) is 12.8. The van der Waals surface area contributed by atoms with Gasteiger partial charge in [-0.05, 0) is 38.1 Å². The Morgan fingerprint density at radius 3 is 2.95 bits per heavy atom. The van der Waals surface area contributed by atoms with Gasteiger partial charge in [0, 0.05) is 16.9 Å². The number of ether oxygens (including phenoxy) is 1. The highest BCUT2D eigenvalue weighted by Gasteiger charge is 2.18. The van der Waals surface area contributed by atoms with Gasteiger partial charge in [-0.1, -0.05) is 17.4 Å². The van der Waals surface area contributed by atoms with Crippen LogP contribution < -0.4 is 10.1 Å². The molecule has 2 aromatic rings. The van der Waals surface area contributed by atoms with Gasteiger partial charge >= 0.3 is 0 Å². The molecule has 0 bridgehead atoms. The number of nitrogens with one attached hydrogen (secondary N) is 1. The quantitative estimate of drug-likeness (QED) is 0.941. The van der Waals surface area contributed by atoms with E-state index >= 15 is 0 Å². The summed E-state index contributed by atoms with van der Waals surface area (Å²) in [7, 11) is 0. The van der Waals surface area contributed by atoms with Gasteiger partial charge in [-0.3, -0.25) is 0 Å². The van der Waals surface area contributed by atoms with E-state index in [9.17, 15) is 4.39 Å². The maximum absolute atomic E-state index is 13.8. The maximum atomic E-state index is 13.8. The van der Waals surface area contributed by atoms with Gasteiger partial charge in [0.05, 0.1) is 17.3 Å². The van der Waals surface area contributed by atoms with E-state index in [0.717, 1.165) is 31.6 Å². The van der Waals surface area contributed by atoms with Crippen LogP contribution in [0.2, 0.25) is 0 Å². The lowest BCUT2D eigenvalue weighted by Crippen LogP contribution is -2.26. The minimum Gasteiger partial charge on any atom is -0.465 e. The van der Waals surface area contributed by atoms with Gasteiger partial charge in [-0.25, -0.2) is 9.37 Å². The number of piperidine rings is 1. The Balaban J connectivity index is 1.62. The lowest BCUT2D eigenvalue weighted by Gasteiger charge is -2.20. The van der Waals surface area contributed by atoms with E-state index in [4.69, 9.17) is 10.00 Å². The predicted octanol–water partition coefficient (Wildman–Crippen LogP) is 3.20. The SMILES string of the molecule is N#Cc1ccc(COc2nc(C3CCNCC3)cs2)c(F)c1. The minimum atomic E-state index is -0.422. The Hall–Kier alpha value is -1.97. The normalized spacial score (nSPS) is 15.5. The van der Waals surface area contributed by atoms with Gasteiger partial charge in [0.25, 0.3) is 5.19 Å². The average molecular weight is 317 g/mol. The van der Waals surface area contributed by atoms with Crippen LogP contribution in [0.3, 0.4) is 0 Å². The number of hydrogen-bond acceptors (Lipinski definition) is 5. The molecule has 1 aromatic carbocycles. The van der Waals surface area contributed by atoms with E-state index in [1.165, 1.54) is 17.4 Å². The fourth-order valence-corrected chi connectivity index (χ4v) is 3.27. The molecule has 22 heavy (non-hydrogen) atoms. The molecule has 0 unspecified atom stereocenters. The molecule has 2 heterocycles. The molecule has 114 valence electrons. The van der Waals surface area contributed by atoms with Crippen molar-refractivity contribution >= 4 is 11.3 Å². The Kier molecular flexibility index (Phi) is 4.66. The molecule has 0 amide bonds. The smallest absolute Gasteiger partial charge is 0.273 e. The van der Waals surface area contributed by atoms with Crippen molar-refractivity contribution in [3.05, 3.63) is 46.2 Å². The van der Waals surface area contributed by atoms with Crippen molar-refractivity contribution in [1.29, 1.82) is 5.26 Å². The third-order valence-electron chi connectivity index (χ3n) is 3.79. The molecular formula is C16H16FN3OS. The van der Waals surface area contributed by atoms with Gasteiger partial charge < -0.3 is 10.1 Å². The number of benzene rings is 1. The molecule has 0 radical (unpaired) electrons. The molecule has 1 aliphatic heterocycles. The van der Waals surface area contributed by atoms with Crippen molar-refractivity contribution in [2.24, 2.45) is 0 Å². The van der Waals surface area contributed by atoms with Crippen molar-refractivity contribution in [3.8, 4) is 11.3 Å². The van der Waals surface area contributed by atoms with Crippen LogP contribution in [-0.2, 0) is 6.61 Å². The van der Waals surface area contributed by atoms with Crippen molar-refractivity contribution in [1.82, 2.24) is 10.3 Å². The van der Waals surface area contributed by atoms with Crippen molar-refractivity contribution in [3.63, 3.8) is 0 Å². The summed E-state index contributed by atoms with van der Waals surface area (Å²) < 4.78 is 19.4. The highest BCUT2D eigenvalue weighted by Crippen LogP contribution is 2.29. The second-order valence-electron chi connectivity index (χ2n) is 5.27. The number of nitrogens with zero attached hydrogens (tertiary/aromatic N) is 2. The van der Waals surface area contributed by atoms with E-state index in [1.807, 2.05) is 11.4 Å². The second kappa shape index (κ2) is 6.86. The van der Waals surface area contributed by atoms with Crippen LogP contribution in [0.4, 0.5) is 4.39 Å². The Labute approximate surface area is 132 Å². The number of rotatable bonds is 4. The monoisotopic (exact) mass is 317 g/mol. The van der Waals surface area contributed by atoms with E-state index in [2.05, 4.69) is 10.3 Å². The summed E-state index contributed by atoms with van der Waals surface area (Å²) in [6.07, 6.45) is 2.18. The predicted molar refractivity (Wildman–Crippen MR) is 82.4 cm³/mol. The summed E-state index contributed by atoms with van der Waals surface area (Å²) >= 11 is 1.45. The second-order valence-corrected chi connectivity index (χ2v) is 6.09. The van der Waals surface area contributed by atoms with Crippen LogP contribution in [0.5, 0.6) is 5.19 Å². The van der Waals surface area contributed by atoms with Gasteiger partial charge in [-0.2, -0.15) is 5.26 Å². The van der Waals surface area contributed by atoms with Gasteiger partial charge in [-0.15, -0.1) is 0 Å². The zero-order chi connectivity index (χ0) is 15.4.